The van der Waals surface area contributed by atoms with Crippen molar-refractivity contribution in [3.05, 3.63) is 74.2 Å². The summed E-state index contributed by atoms with van der Waals surface area (Å²) in [6.45, 7) is 1.75. The fraction of sp³-hybridized carbons (Fsp3) is 0.250. The van der Waals surface area contributed by atoms with Crippen LogP contribution in [0.5, 0.6) is 0 Å². The molecule has 1 aliphatic rings. The first-order valence-electron chi connectivity index (χ1n) is 10.8. The molecule has 7 nitrogen and oxygen atoms in total. The van der Waals surface area contributed by atoms with Crippen molar-refractivity contribution in [1.82, 2.24) is 15.0 Å². The number of amides is 1. The molecular weight excluding hydrogens is 492 g/mol. The van der Waals surface area contributed by atoms with E-state index in [4.69, 9.17) is 21.0 Å². The van der Waals surface area contributed by atoms with Gasteiger partial charge in [0.15, 0.2) is 5.16 Å². The van der Waals surface area contributed by atoms with Gasteiger partial charge in [-0.15, -0.1) is 11.3 Å². The number of fused-ring (bicyclic) bond motifs is 3. The van der Waals surface area contributed by atoms with Crippen LogP contribution in [-0.2, 0) is 17.6 Å². The zero-order chi connectivity index (χ0) is 23.7. The number of aromatic nitrogens is 2. The number of thioether (sulfide) groups is 1. The standard InChI is InChI=1S/C24H21ClN4O3S2/c1-14(18-6-4-12-32-18)27-28-20(30)13-33-24-26-22-21(17-5-2-3-7-19(17)34-22)23(31)29(24)16-10-8-15(25)9-11-16/h4,6,8-12H,2-3,5,7,13H2,1H3,(H,28,30). The molecule has 5 rings (SSSR count). The largest absolute Gasteiger partial charge is 0.463 e. The van der Waals surface area contributed by atoms with Crippen molar-refractivity contribution in [2.75, 3.05) is 5.75 Å². The summed E-state index contributed by atoms with van der Waals surface area (Å²) in [7, 11) is 0. The Morgan fingerprint density at radius 3 is 2.82 bits per heavy atom. The number of aryl methyl sites for hydroxylation is 2. The first-order valence-corrected chi connectivity index (χ1v) is 13.0. The van der Waals surface area contributed by atoms with Crippen LogP contribution in [0, 0.1) is 0 Å². The first kappa shape index (κ1) is 22.9. The zero-order valence-corrected chi connectivity index (χ0v) is 20.7. The Morgan fingerprint density at radius 1 is 1.26 bits per heavy atom. The van der Waals surface area contributed by atoms with Crippen LogP contribution in [0.3, 0.4) is 0 Å². The van der Waals surface area contributed by atoms with Gasteiger partial charge in [-0.3, -0.25) is 14.2 Å². The van der Waals surface area contributed by atoms with Gasteiger partial charge in [-0.25, -0.2) is 10.4 Å². The number of halogens is 1. The molecule has 34 heavy (non-hydrogen) atoms. The van der Waals surface area contributed by atoms with Crippen LogP contribution in [0.25, 0.3) is 15.9 Å². The number of nitrogens with zero attached hydrogens (tertiary/aromatic N) is 3. The first-order chi connectivity index (χ1) is 16.5. The highest BCUT2D eigenvalue weighted by Gasteiger charge is 2.23. The Labute approximate surface area is 208 Å². The smallest absolute Gasteiger partial charge is 0.267 e. The SMILES string of the molecule is CC(=NNC(=O)CSc1nc2sc3c(c2c(=O)n1-c1ccc(Cl)cc1)CCCC3)c1ccco1. The molecule has 3 heterocycles. The second kappa shape index (κ2) is 9.77. The highest BCUT2D eigenvalue weighted by molar-refractivity contribution is 7.99. The molecule has 0 radical (unpaired) electrons. The maximum atomic E-state index is 13.7. The molecule has 0 saturated heterocycles. The lowest BCUT2D eigenvalue weighted by Gasteiger charge is -2.13. The summed E-state index contributed by atoms with van der Waals surface area (Å²) >= 11 is 8.86. The summed E-state index contributed by atoms with van der Waals surface area (Å²) in [6.07, 6.45) is 5.63. The molecule has 1 amide bonds. The van der Waals surface area contributed by atoms with Gasteiger partial charge in [-0.2, -0.15) is 5.10 Å². The van der Waals surface area contributed by atoms with Crippen molar-refractivity contribution in [2.24, 2.45) is 5.10 Å². The van der Waals surface area contributed by atoms with Crippen LogP contribution < -0.4 is 11.0 Å². The predicted octanol–water partition coefficient (Wildman–Crippen LogP) is 5.20. The van der Waals surface area contributed by atoms with Crippen molar-refractivity contribution in [2.45, 2.75) is 37.8 Å². The maximum absolute atomic E-state index is 13.7. The van der Waals surface area contributed by atoms with E-state index >= 15 is 0 Å². The lowest BCUT2D eigenvalue weighted by atomic mass is 9.97. The number of carbonyl (C=O) groups excluding carboxylic acids is 1. The van der Waals surface area contributed by atoms with Gasteiger partial charge in [-0.05, 0) is 74.6 Å². The third kappa shape index (κ3) is 4.55. The number of benzene rings is 1. The van der Waals surface area contributed by atoms with Crippen LogP contribution in [0.4, 0.5) is 0 Å². The van der Waals surface area contributed by atoms with E-state index in [1.165, 1.54) is 16.6 Å². The van der Waals surface area contributed by atoms with E-state index in [1.807, 2.05) is 0 Å². The quantitative estimate of drug-likeness (QED) is 0.166. The molecule has 0 aliphatic heterocycles. The van der Waals surface area contributed by atoms with E-state index in [-0.39, 0.29) is 17.2 Å². The molecule has 0 spiro atoms. The summed E-state index contributed by atoms with van der Waals surface area (Å²) in [5.41, 5.74) is 4.78. The van der Waals surface area contributed by atoms with Gasteiger partial charge in [0.05, 0.1) is 23.1 Å². The van der Waals surface area contributed by atoms with E-state index in [1.54, 1.807) is 65.5 Å². The molecule has 10 heteroatoms. The van der Waals surface area contributed by atoms with Crippen molar-refractivity contribution in [1.29, 1.82) is 0 Å². The summed E-state index contributed by atoms with van der Waals surface area (Å²) in [5, 5.41) is 5.82. The van der Waals surface area contributed by atoms with Gasteiger partial charge in [0.2, 0.25) is 0 Å². The second-order valence-corrected chi connectivity index (χ2v) is 10.4. The van der Waals surface area contributed by atoms with Gasteiger partial charge in [-0.1, -0.05) is 23.4 Å². The van der Waals surface area contributed by atoms with E-state index in [0.717, 1.165) is 36.1 Å². The number of furan rings is 1. The van der Waals surface area contributed by atoms with Crippen LogP contribution >= 0.6 is 34.7 Å². The fourth-order valence-corrected chi connectivity index (χ4v) is 6.18. The molecule has 0 saturated carbocycles. The third-order valence-corrected chi connectivity index (χ3v) is 7.98. The Kier molecular flexibility index (Phi) is 6.58. The minimum atomic E-state index is -0.307. The number of nitrogens with one attached hydrogen (secondary N) is 1. The summed E-state index contributed by atoms with van der Waals surface area (Å²) in [5.74, 6) is 0.322. The molecule has 1 N–H and O–H groups in total. The lowest BCUT2D eigenvalue weighted by molar-refractivity contribution is -0.118. The molecule has 1 aromatic carbocycles. The summed E-state index contributed by atoms with van der Waals surface area (Å²) in [6, 6.07) is 10.6. The van der Waals surface area contributed by atoms with E-state index in [9.17, 15) is 9.59 Å². The maximum Gasteiger partial charge on any atom is 0.267 e. The highest BCUT2D eigenvalue weighted by atomic mass is 35.5. The minimum Gasteiger partial charge on any atom is -0.463 e. The topological polar surface area (TPSA) is 89.5 Å². The monoisotopic (exact) mass is 512 g/mol. The molecule has 4 aromatic rings. The molecular formula is C24H21ClN4O3S2. The van der Waals surface area contributed by atoms with Crippen LogP contribution in [0.15, 0.2) is 62.1 Å². The van der Waals surface area contributed by atoms with Crippen molar-refractivity contribution < 1.29 is 9.21 Å². The number of hydrazone groups is 1. The Bertz CT molecular complexity index is 1440. The van der Waals surface area contributed by atoms with Gasteiger partial charge in [0.1, 0.15) is 16.3 Å². The van der Waals surface area contributed by atoms with Crippen LogP contribution in [0.1, 0.15) is 36.0 Å². The Hall–Kier alpha value is -2.88. The number of thiophene rings is 1. The van der Waals surface area contributed by atoms with E-state index < -0.39 is 0 Å². The Morgan fingerprint density at radius 2 is 2.06 bits per heavy atom. The van der Waals surface area contributed by atoms with Gasteiger partial charge in [0.25, 0.3) is 11.5 Å². The number of carbonyl (C=O) groups is 1. The zero-order valence-electron chi connectivity index (χ0n) is 18.3. The molecule has 0 bridgehead atoms. The predicted molar refractivity (Wildman–Crippen MR) is 137 cm³/mol. The van der Waals surface area contributed by atoms with Gasteiger partial charge in [0, 0.05) is 9.90 Å². The van der Waals surface area contributed by atoms with Crippen molar-refractivity contribution in [3.8, 4) is 5.69 Å². The third-order valence-electron chi connectivity index (χ3n) is 5.60. The highest BCUT2D eigenvalue weighted by Crippen LogP contribution is 2.35. The molecule has 174 valence electrons. The van der Waals surface area contributed by atoms with E-state index in [2.05, 4.69) is 10.5 Å². The number of rotatable bonds is 6. The van der Waals surface area contributed by atoms with Crippen LogP contribution in [0.2, 0.25) is 5.02 Å². The summed E-state index contributed by atoms with van der Waals surface area (Å²) in [4.78, 5) is 33.0. The molecule has 0 atom stereocenters. The summed E-state index contributed by atoms with van der Waals surface area (Å²) < 4.78 is 6.85. The van der Waals surface area contributed by atoms with Crippen molar-refractivity contribution >= 4 is 56.5 Å². The molecule has 0 fully saturated rings. The number of hydrogen-bond donors (Lipinski definition) is 1. The average Bonchev–Trinajstić information content (AvgIpc) is 3.50. The van der Waals surface area contributed by atoms with Gasteiger partial charge < -0.3 is 4.42 Å². The normalized spacial score (nSPS) is 13.8. The van der Waals surface area contributed by atoms with E-state index in [0.29, 0.717) is 32.7 Å². The minimum absolute atomic E-state index is 0.0472. The Balaban J connectivity index is 1.47. The van der Waals surface area contributed by atoms with Crippen molar-refractivity contribution in [3.63, 3.8) is 0 Å². The number of hydrogen-bond acceptors (Lipinski definition) is 7. The lowest BCUT2D eigenvalue weighted by Crippen LogP contribution is -2.24. The molecule has 0 unspecified atom stereocenters. The van der Waals surface area contributed by atoms with Gasteiger partial charge >= 0.3 is 0 Å². The second-order valence-electron chi connectivity index (χ2n) is 7.90. The van der Waals surface area contributed by atoms with Crippen LogP contribution in [-0.4, -0.2) is 26.9 Å². The molecule has 1 aliphatic carbocycles. The fourth-order valence-electron chi connectivity index (χ4n) is 3.95. The average molecular weight is 513 g/mol. The molecule has 3 aromatic heterocycles.